The van der Waals surface area contributed by atoms with Crippen LogP contribution in [0.1, 0.15) is 29.0 Å². The van der Waals surface area contributed by atoms with E-state index in [-0.39, 0.29) is 5.91 Å². The predicted molar refractivity (Wildman–Crippen MR) is 71.4 cm³/mol. The molecule has 0 saturated carbocycles. The summed E-state index contributed by atoms with van der Waals surface area (Å²) in [5, 5.41) is 4.04. The summed E-state index contributed by atoms with van der Waals surface area (Å²) < 4.78 is 3.23. The maximum atomic E-state index is 11.9. The summed E-state index contributed by atoms with van der Waals surface area (Å²) in [5.74, 6) is 0.0230. The molecule has 0 radical (unpaired) electrons. The average Bonchev–Trinajstić information content (AvgIpc) is 2.70. The van der Waals surface area contributed by atoms with Gasteiger partial charge in [-0.15, -0.1) is 0 Å². The van der Waals surface area contributed by atoms with Gasteiger partial charge in [-0.3, -0.25) is 4.79 Å². The van der Waals surface area contributed by atoms with Gasteiger partial charge in [0.1, 0.15) is 5.69 Å². The molecular formula is C13H13BrN2O. The van der Waals surface area contributed by atoms with Crippen LogP contribution in [0, 0.1) is 6.92 Å². The zero-order valence-corrected chi connectivity index (χ0v) is 11.3. The highest BCUT2D eigenvalue weighted by Gasteiger charge is 2.25. The Morgan fingerprint density at radius 3 is 3.00 bits per heavy atom. The molecule has 1 N–H and O–H groups in total. The van der Waals surface area contributed by atoms with Crippen molar-refractivity contribution in [1.29, 1.82) is 0 Å². The molecule has 2 aromatic rings. The van der Waals surface area contributed by atoms with Crippen molar-refractivity contribution in [2.24, 2.45) is 0 Å². The fourth-order valence-corrected chi connectivity index (χ4v) is 2.84. The molecule has 0 aliphatic carbocycles. The Morgan fingerprint density at radius 1 is 1.47 bits per heavy atom. The highest BCUT2D eigenvalue weighted by molar-refractivity contribution is 9.10. The van der Waals surface area contributed by atoms with Crippen LogP contribution in [-0.2, 0) is 0 Å². The van der Waals surface area contributed by atoms with Crippen molar-refractivity contribution < 1.29 is 4.79 Å². The lowest BCUT2D eigenvalue weighted by molar-refractivity contribution is 0.0919. The average molecular weight is 293 g/mol. The van der Waals surface area contributed by atoms with E-state index < -0.39 is 0 Å². The quantitative estimate of drug-likeness (QED) is 0.796. The van der Waals surface area contributed by atoms with E-state index in [4.69, 9.17) is 0 Å². The molecule has 3 rings (SSSR count). The number of aryl methyl sites for hydroxylation is 1. The lowest BCUT2D eigenvalue weighted by Gasteiger charge is -2.24. The Hall–Kier alpha value is -1.29. The van der Waals surface area contributed by atoms with E-state index in [2.05, 4.69) is 45.7 Å². The molecule has 1 atom stereocenters. The normalized spacial score (nSPS) is 19.2. The lowest BCUT2D eigenvalue weighted by atomic mass is 10.1. The summed E-state index contributed by atoms with van der Waals surface area (Å²) in [6.45, 7) is 4.91. The third-order valence-corrected chi connectivity index (χ3v) is 4.28. The molecule has 17 heavy (non-hydrogen) atoms. The molecule has 0 bridgehead atoms. The van der Waals surface area contributed by atoms with Gasteiger partial charge >= 0.3 is 0 Å². The van der Waals surface area contributed by atoms with Crippen LogP contribution in [0.5, 0.6) is 0 Å². The fourth-order valence-electron chi connectivity index (χ4n) is 2.53. The standard InChI is InChI=1S/C13H13BrN2O/c1-7-6-15-13(17)11-5-9-3-4-10(14)8(2)12(9)16(7)11/h3-5,7H,6H2,1-2H3,(H,15,17)/t7-/m1/s1. The van der Waals surface area contributed by atoms with Gasteiger partial charge in [0, 0.05) is 22.4 Å². The molecule has 0 saturated heterocycles. The molecular weight excluding hydrogens is 280 g/mol. The van der Waals surface area contributed by atoms with E-state index in [0.717, 1.165) is 21.1 Å². The number of nitrogens with zero attached hydrogens (tertiary/aromatic N) is 1. The van der Waals surface area contributed by atoms with Crippen LogP contribution in [0.4, 0.5) is 0 Å². The van der Waals surface area contributed by atoms with E-state index >= 15 is 0 Å². The first kappa shape index (κ1) is 10.8. The Morgan fingerprint density at radius 2 is 2.24 bits per heavy atom. The van der Waals surface area contributed by atoms with Crippen LogP contribution in [0.2, 0.25) is 0 Å². The lowest BCUT2D eigenvalue weighted by Crippen LogP contribution is -2.37. The number of rotatable bonds is 0. The Labute approximate surface area is 108 Å². The van der Waals surface area contributed by atoms with Crippen LogP contribution < -0.4 is 5.32 Å². The van der Waals surface area contributed by atoms with E-state index in [1.807, 2.05) is 12.1 Å². The number of fused-ring (bicyclic) bond motifs is 3. The van der Waals surface area contributed by atoms with Crippen molar-refractivity contribution in [2.75, 3.05) is 6.54 Å². The molecule has 0 fully saturated rings. The van der Waals surface area contributed by atoms with Gasteiger partial charge in [-0.1, -0.05) is 22.0 Å². The van der Waals surface area contributed by atoms with Crippen molar-refractivity contribution in [1.82, 2.24) is 9.88 Å². The Balaban J connectivity index is 2.44. The monoisotopic (exact) mass is 292 g/mol. The third kappa shape index (κ3) is 1.43. The molecule has 0 unspecified atom stereocenters. The summed E-state index contributed by atoms with van der Waals surface area (Å²) >= 11 is 3.55. The van der Waals surface area contributed by atoms with Crippen molar-refractivity contribution in [3.63, 3.8) is 0 Å². The molecule has 88 valence electrons. The van der Waals surface area contributed by atoms with E-state index in [1.165, 1.54) is 5.56 Å². The van der Waals surface area contributed by atoms with Gasteiger partial charge in [-0.25, -0.2) is 0 Å². The van der Waals surface area contributed by atoms with E-state index in [9.17, 15) is 4.79 Å². The van der Waals surface area contributed by atoms with Crippen LogP contribution in [-0.4, -0.2) is 17.0 Å². The molecule has 2 heterocycles. The highest BCUT2D eigenvalue weighted by Crippen LogP contribution is 2.32. The van der Waals surface area contributed by atoms with E-state index in [0.29, 0.717) is 12.6 Å². The second-order valence-electron chi connectivity index (χ2n) is 4.57. The summed E-state index contributed by atoms with van der Waals surface area (Å²) in [6.07, 6.45) is 0. The number of benzene rings is 1. The molecule has 1 aliphatic rings. The minimum absolute atomic E-state index is 0.0230. The largest absolute Gasteiger partial charge is 0.349 e. The number of hydrogen-bond acceptors (Lipinski definition) is 1. The van der Waals surface area contributed by atoms with Gasteiger partial charge in [-0.05, 0) is 31.5 Å². The molecule has 4 heteroatoms. The van der Waals surface area contributed by atoms with Crippen LogP contribution >= 0.6 is 15.9 Å². The molecule has 3 nitrogen and oxygen atoms in total. The zero-order valence-electron chi connectivity index (χ0n) is 9.75. The van der Waals surface area contributed by atoms with Crippen molar-refractivity contribution in [2.45, 2.75) is 19.9 Å². The number of nitrogens with one attached hydrogen (secondary N) is 1. The van der Waals surface area contributed by atoms with Gasteiger partial charge in [0.05, 0.1) is 5.52 Å². The highest BCUT2D eigenvalue weighted by atomic mass is 79.9. The van der Waals surface area contributed by atoms with Crippen molar-refractivity contribution in [3.8, 4) is 0 Å². The number of amides is 1. The van der Waals surface area contributed by atoms with E-state index in [1.54, 1.807) is 0 Å². The van der Waals surface area contributed by atoms with Gasteiger partial charge in [0.2, 0.25) is 0 Å². The van der Waals surface area contributed by atoms with Gasteiger partial charge < -0.3 is 9.88 Å². The number of aromatic nitrogens is 1. The molecule has 1 aromatic heterocycles. The first-order valence-corrected chi connectivity index (χ1v) is 6.47. The summed E-state index contributed by atoms with van der Waals surface area (Å²) in [6, 6.07) is 6.36. The third-order valence-electron chi connectivity index (χ3n) is 3.42. The first-order valence-electron chi connectivity index (χ1n) is 5.68. The van der Waals surface area contributed by atoms with Gasteiger partial charge in [-0.2, -0.15) is 0 Å². The fraction of sp³-hybridized carbons (Fsp3) is 0.308. The maximum Gasteiger partial charge on any atom is 0.268 e. The van der Waals surface area contributed by atoms with Crippen LogP contribution in [0.3, 0.4) is 0 Å². The predicted octanol–water partition coefficient (Wildman–Crippen LogP) is 3.02. The van der Waals surface area contributed by atoms with Crippen LogP contribution in [0.25, 0.3) is 10.9 Å². The maximum absolute atomic E-state index is 11.9. The zero-order chi connectivity index (χ0) is 12.2. The molecule has 1 amide bonds. The Kier molecular flexibility index (Phi) is 2.30. The van der Waals surface area contributed by atoms with Crippen molar-refractivity contribution >= 4 is 32.7 Å². The number of halogens is 1. The van der Waals surface area contributed by atoms with Crippen LogP contribution in [0.15, 0.2) is 22.7 Å². The van der Waals surface area contributed by atoms with Gasteiger partial charge in [0.25, 0.3) is 5.91 Å². The molecule has 0 spiro atoms. The number of hydrogen-bond donors (Lipinski definition) is 1. The van der Waals surface area contributed by atoms with Gasteiger partial charge in [0.15, 0.2) is 0 Å². The minimum Gasteiger partial charge on any atom is -0.349 e. The summed E-state index contributed by atoms with van der Waals surface area (Å²) in [7, 11) is 0. The topological polar surface area (TPSA) is 34.0 Å². The minimum atomic E-state index is 0.0230. The van der Waals surface area contributed by atoms with Crippen molar-refractivity contribution in [3.05, 3.63) is 33.9 Å². The summed E-state index contributed by atoms with van der Waals surface area (Å²) in [4.78, 5) is 11.9. The second-order valence-corrected chi connectivity index (χ2v) is 5.42. The molecule has 1 aromatic carbocycles. The number of carbonyl (C=O) groups excluding carboxylic acids is 1. The second kappa shape index (κ2) is 3.60. The summed E-state index contributed by atoms with van der Waals surface area (Å²) in [5.41, 5.74) is 3.12. The molecule has 1 aliphatic heterocycles. The first-order chi connectivity index (χ1) is 8.09. The number of carbonyl (C=O) groups is 1. The Bertz CT molecular complexity index is 630. The smallest absolute Gasteiger partial charge is 0.268 e. The SMILES string of the molecule is Cc1c(Br)ccc2cc3n(c12)[C@H](C)CNC3=O.